The third-order valence-corrected chi connectivity index (χ3v) is 5.11. The van der Waals surface area contributed by atoms with Crippen molar-refractivity contribution in [1.82, 2.24) is 10.2 Å². The van der Waals surface area contributed by atoms with E-state index in [4.69, 9.17) is 9.47 Å². The van der Waals surface area contributed by atoms with Crippen molar-refractivity contribution >= 4 is 39.5 Å². The third-order valence-electron chi connectivity index (χ3n) is 4.61. The molecule has 2 N–H and O–H groups in total. The second kappa shape index (κ2) is 8.12. The van der Waals surface area contributed by atoms with Crippen molar-refractivity contribution in [3.63, 3.8) is 0 Å². The van der Waals surface area contributed by atoms with Crippen LogP contribution in [0.15, 0.2) is 46.9 Å². The topological polar surface area (TPSA) is 97.0 Å². The van der Waals surface area contributed by atoms with Crippen molar-refractivity contribution in [3.05, 3.63) is 52.5 Å². The highest BCUT2D eigenvalue weighted by Crippen LogP contribution is 2.30. The maximum absolute atomic E-state index is 12.9. The Balaban J connectivity index is 1.76. The summed E-state index contributed by atoms with van der Waals surface area (Å²) in [6.45, 7) is 1.19. The highest BCUT2D eigenvalue weighted by Gasteiger charge is 2.49. The van der Waals surface area contributed by atoms with Gasteiger partial charge in [-0.3, -0.25) is 14.5 Å². The molecule has 0 bridgehead atoms. The first-order chi connectivity index (χ1) is 13.8. The molecule has 8 nitrogen and oxygen atoms in total. The predicted molar refractivity (Wildman–Crippen MR) is 110 cm³/mol. The number of anilines is 1. The summed E-state index contributed by atoms with van der Waals surface area (Å²) in [5, 5.41) is 5.33. The molecule has 0 aromatic heterocycles. The summed E-state index contributed by atoms with van der Waals surface area (Å²) in [4.78, 5) is 38.7. The molecule has 0 radical (unpaired) electrons. The second-order valence-electron chi connectivity index (χ2n) is 6.61. The molecule has 1 saturated heterocycles. The van der Waals surface area contributed by atoms with Gasteiger partial charge in [-0.05, 0) is 24.6 Å². The minimum absolute atomic E-state index is 0.423. The van der Waals surface area contributed by atoms with Gasteiger partial charge in [0.1, 0.15) is 23.6 Å². The van der Waals surface area contributed by atoms with Gasteiger partial charge in [0.2, 0.25) is 5.91 Å². The number of urea groups is 1. The lowest BCUT2D eigenvalue weighted by Crippen LogP contribution is -2.42. The maximum atomic E-state index is 12.9. The molecule has 9 heteroatoms. The molecule has 1 aliphatic heterocycles. The van der Waals surface area contributed by atoms with E-state index in [-0.39, 0.29) is 0 Å². The number of carbonyl (C=O) groups excluding carboxylic acids is 3. The van der Waals surface area contributed by atoms with Crippen molar-refractivity contribution in [2.75, 3.05) is 26.1 Å². The zero-order chi connectivity index (χ0) is 21.2. The first-order valence-electron chi connectivity index (χ1n) is 8.70. The lowest BCUT2D eigenvalue weighted by molar-refractivity contribution is -0.133. The van der Waals surface area contributed by atoms with Crippen molar-refractivity contribution in [3.8, 4) is 11.5 Å². The Hall–Kier alpha value is -3.07. The van der Waals surface area contributed by atoms with E-state index in [2.05, 4.69) is 26.6 Å². The summed E-state index contributed by atoms with van der Waals surface area (Å²) in [5.74, 6) is -0.0324. The smallest absolute Gasteiger partial charge is 0.325 e. The summed E-state index contributed by atoms with van der Waals surface area (Å²) in [6, 6.07) is 11.3. The quantitative estimate of drug-likeness (QED) is 0.644. The third kappa shape index (κ3) is 4.19. The molecule has 1 aliphatic rings. The Kier molecular flexibility index (Phi) is 5.78. The molecule has 1 atom stereocenters. The van der Waals surface area contributed by atoms with Gasteiger partial charge in [-0.25, -0.2) is 4.79 Å². The van der Waals surface area contributed by atoms with Crippen LogP contribution in [0.2, 0.25) is 0 Å². The SMILES string of the molecule is COc1cc(NC(=O)CN2C(=O)N[C@](C)(c3cccc(Br)c3)C2=O)cc(OC)c1. The van der Waals surface area contributed by atoms with E-state index < -0.39 is 29.9 Å². The zero-order valence-corrected chi connectivity index (χ0v) is 17.7. The molecule has 1 fully saturated rings. The molecule has 1 heterocycles. The number of rotatable bonds is 6. The summed E-state index contributed by atoms with van der Waals surface area (Å²) < 4.78 is 11.1. The van der Waals surface area contributed by atoms with Crippen LogP contribution in [0.1, 0.15) is 12.5 Å². The predicted octanol–water partition coefficient (Wildman–Crippen LogP) is 2.87. The molecule has 2 aromatic carbocycles. The average Bonchev–Trinajstić information content (AvgIpc) is 2.91. The standard InChI is InChI=1S/C20H20BrN3O5/c1-20(12-5-4-6-13(21)7-12)18(26)24(19(27)23-20)11-17(25)22-14-8-15(28-2)10-16(9-14)29-3/h4-10H,11H2,1-3H3,(H,22,25)(H,23,27)/t20-/m1/s1. The molecular formula is C20H20BrN3O5. The number of benzene rings is 2. The van der Waals surface area contributed by atoms with Crippen LogP contribution in [-0.2, 0) is 15.1 Å². The lowest BCUT2D eigenvalue weighted by Gasteiger charge is -2.22. The normalized spacial score (nSPS) is 18.4. The number of imide groups is 1. The number of nitrogens with zero attached hydrogens (tertiary/aromatic N) is 1. The van der Waals surface area contributed by atoms with E-state index in [0.29, 0.717) is 22.7 Å². The van der Waals surface area contributed by atoms with Crippen LogP contribution < -0.4 is 20.1 Å². The highest BCUT2D eigenvalue weighted by atomic mass is 79.9. The van der Waals surface area contributed by atoms with Crippen molar-refractivity contribution < 1.29 is 23.9 Å². The van der Waals surface area contributed by atoms with Crippen LogP contribution in [0.4, 0.5) is 10.5 Å². The Morgan fingerprint density at radius 1 is 1.14 bits per heavy atom. The van der Waals surface area contributed by atoms with E-state index in [1.54, 1.807) is 43.3 Å². The van der Waals surface area contributed by atoms with Crippen LogP contribution in [-0.4, -0.2) is 43.5 Å². The largest absolute Gasteiger partial charge is 0.497 e. The molecule has 2 aromatic rings. The highest BCUT2D eigenvalue weighted by molar-refractivity contribution is 9.10. The van der Waals surface area contributed by atoms with E-state index in [0.717, 1.165) is 9.37 Å². The van der Waals surface area contributed by atoms with E-state index >= 15 is 0 Å². The number of amides is 4. The van der Waals surface area contributed by atoms with Gasteiger partial charge in [0.05, 0.1) is 14.2 Å². The molecular weight excluding hydrogens is 442 g/mol. The summed E-state index contributed by atoms with van der Waals surface area (Å²) in [6.07, 6.45) is 0. The van der Waals surface area contributed by atoms with Gasteiger partial charge in [-0.15, -0.1) is 0 Å². The van der Waals surface area contributed by atoms with Gasteiger partial charge in [0, 0.05) is 28.4 Å². The van der Waals surface area contributed by atoms with Gasteiger partial charge in [-0.1, -0.05) is 28.1 Å². The van der Waals surface area contributed by atoms with Crippen molar-refractivity contribution in [2.45, 2.75) is 12.5 Å². The number of nitrogens with one attached hydrogen (secondary N) is 2. The Bertz CT molecular complexity index is 958. The number of hydrogen-bond donors (Lipinski definition) is 2. The molecule has 0 unspecified atom stereocenters. The Labute approximate surface area is 176 Å². The number of halogens is 1. The number of carbonyl (C=O) groups is 3. The van der Waals surface area contributed by atoms with E-state index in [1.807, 2.05) is 6.07 Å². The monoisotopic (exact) mass is 461 g/mol. The lowest BCUT2D eigenvalue weighted by atomic mass is 9.92. The van der Waals surface area contributed by atoms with Crippen LogP contribution >= 0.6 is 15.9 Å². The molecule has 3 rings (SSSR count). The number of methoxy groups -OCH3 is 2. The summed E-state index contributed by atoms with van der Waals surface area (Å²) in [5.41, 5.74) is -0.209. The van der Waals surface area contributed by atoms with Crippen molar-refractivity contribution in [2.24, 2.45) is 0 Å². The fourth-order valence-electron chi connectivity index (χ4n) is 3.06. The molecule has 152 valence electrons. The van der Waals surface area contributed by atoms with Crippen LogP contribution in [0.3, 0.4) is 0 Å². The van der Waals surface area contributed by atoms with Gasteiger partial charge in [-0.2, -0.15) is 0 Å². The fraction of sp³-hybridized carbons (Fsp3) is 0.250. The van der Waals surface area contributed by atoms with Crippen LogP contribution in [0.25, 0.3) is 0 Å². The number of ether oxygens (including phenoxy) is 2. The summed E-state index contributed by atoms with van der Waals surface area (Å²) >= 11 is 3.36. The molecule has 0 saturated carbocycles. The fourth-order valence-corrected chi connectivity index (χ4v) is 3.46. The molecule has 4 amide bonds. The second-order valence-corrected chi connectivity index (χ2v) is 7.52. The maximum Gasteiger partial charge on any atom is 0.325 e. The van der Waals surface area contributed by atoms with Crippen LogP contribution in [0, 0.1) is 0 Å². The average molecular weight is 462 g/mol. The van der Waals surface area contributed by atoms with Gasteiger partial charge in [0.25, 0.3) is 5.91 Å². The van der Waals surface area contributed by atoms with Crippen LogP contribution in [0.5, 0.6) is 11.5 Å². The van der Waals surface area contributed by atoms with Gasteiger partial charge >= 0.3 is 6.03 Å². The van der Waals surface area contributed by atoms with E-state index in [1.165, 1.54) is 14.2 Å². The van der Waals surface area contributed by atoms with E-state index in [9.17, 15) is 14.4 Å². The van der Waals surface area contributed by atoms with Gasteiger partial charge in [0.15, 0.2) is 0 Å². The van der Waals surface area contributed by atoms with Crippen molar-refractivity contribution in [1.29, 1.82) is 0 Å². The first kappa shape index (κ1) is 20.7. The molecule has 0 aliphatic carbocycles. The Morgan fingerprint density at radius 3 is 2.38 bits per heavy atom. The zero-order valence-electron chi connectivity index (χ0n) is 16.1. The minimum Gasteiger partial charge on any atom is -0.497 e. The molecule has 29 heavy (non-hydrogen) atoms. The minimum atomic E-state index is -1.25. The molecule has 0 spiro atoms. The number of hydrogen-bond acceptors (Lipinski definition) is 5. The Morgan fingerprint density at radius 2 is 1.79 bits per heavy atom. The summed E-state index contributed by atoms with van der Waals surface area (Å²) in [7, 11) is 2.99. The van der Waals surface area contributed by atoms with Gasteiger partial charge < -0.3 is 20.1 Å². The first-order valence-corrected chi connectivity index (χ1v) is 9.49.